The first-order valence-electron chi connectivity index (χ1n) is 11.3. The summed E-state index contributed by atoms with van der Waals surface area (Å²) in [6, 6.07) is 7.14. The van der Waals surface area contributed by atoms with Gasteiger partial charge in [-0.05, 0) is 46.4 Å². The van der Waals surface area contributed by atoms with Crippen molar-refractivity contribution in [1.29, 1.82) is 0 Å². The summed E-state index contributed by atoms with van der Waals surface area (Å²) in [7, 11) is -2.52. The van der Waals surface area contributed by atoms with Crippen LogP contribution in [0.3, 0.4) is 0 Å². The molecular formula is C25H44Cl2N2O2Si2. The highest BCUT2D eigenvalue weighted by molar-refractivity contribution is 6.78. The Kier molecular flexibility index (Phi) is 13.0. The van der Waals surface area contributed by atoms with E-state index in [0.717, 1.165) is 11.1 Å². The molecule has 0 saturated heterocycles. The highest BCUT2D eigenvalue weighted by Crippen LogP contribution is 2.37. The average molecular weight is 532 g/mol. The van der Waals surface area contributed by atoms with E-state index in [1.807, 2.05) is 6.07 Å². The number of aliphatic hydroxyl groups excluding tert-OH is 1. The highest BCUT2D eigenvalue weighted by Gasteiger charge is 2.37. The van der Waals surface area contributed by atoms with Crippen molar-refractivity contribution in [3.05, 3.63) is 58.1 Å². The molecule has 4 nitrogen and oxygen atoms in total. The molecule has 0 aliphatic heterocycles. The maximum atomic E-state index is 8.55. The Bertz CT molecular complexity index is 797. The monoisotopic (exact) mass is 530 g/mol. The van der Waals surface area contributed by atoms with E-state index < -0.39 is 16.4 Å². The van der Waals surface area contributed by atoms with Gasteiger partial charge in [0.15, 0.2) is 8.32 Å². The predicted octanol–water partition coefficient (Wildman–Crippen LogP) is 8.61. The molecule has 2 aromatic rings. The molecule has 0 aromatic carbocycles. The van der Waals surface area contributed by atoms with Crippen LogP contribution < -0.4 is 0 Å². The third-order valence-corrected chi connectivity index (χ3v) is 15.8. The zero-order chi connectivity index (χ0) is 26.1. The molecule has 0 atom stereocenters. The first kappa shape index (κ1) is 32.2. The van der Waals surface area contributed by atoms with E-state index >= 15 is 0 Å². The van der Waals surface area contributed by atoms with Crippen LogP contribution in [-0.2, 0) is 17.6 Å². The fraction of sp³-hybridized carbons (Fsp3) is 0.600. The third-order valence-electron chi connectivity index (χ3n) is 6.42. The molecule has 2 aromatic heterocycles. The normalized spacial score (nSPS) is 12.3. The van der Waals surface area contributed by atoms with E-state index in [9.17, 15) is 0 Å². The molecule has 2 heterocycles. The molecule has 8 heteroatoms. The summed E-state index contributed by atoms with van der Waals surface area (Å²) >= 11 is 11.2. The first-order valence-corrected chi connectivity index (χ1v) is 18.4. The molecule has 0 spiro atoms. The van der Waals surface area contributed by atoms with Crippen molar-refractivity contribution in [2.45, 2.75) is 97.6 Å². The average Bonchev–Trinajstić information content (AvgIpc) is 2.67. The van der Waals surface area contributed by atoms with Crippen molar-refractivity contribution in [3.63, 3.8) is 0 Å². The summed E-state index contributed by atoms with van der Waals surface area (Å²) in [4.78, 5) is 7.80. The first-order chi connectivity index (χ1) is 14.8. The van der Waals surface area contributed by atoms with Crippen molar-refractivity contribution in [2.24, 2.45) is 0 Å². The predicted molar refractivity (Wildman–Crippen MR) is 149 cm³/mol. The summed E-state index contributed by atoms with van der Waals surface area (Å²) in [5.74, 6) is 0. The molecule has 0 amide bonds. The number of hydrogen-bond acceptors (Lipinski definition) is 4. The minimum absolute atomic E-state index is 0.0180. The van der Waals surface area contributed by atoms with Crippen LogP contribution in [-0.4, -0.2) is 31.5 Å². The van der Waals surface area contributed by atoms with Crippen molar-refractivity contribution in [1.82, 2.24) is 9.97 Å². The molecule has 1 N–H and O–H groups in total. The van der Waals surface area contributed by atoms with Gasteiger partial charge in [0.1, 0.15) is 10.3 Å². The summed E-state index contributed by atoms with van der Waals surface area (Å²) in [6.45, 7) is 26.1. The van der Waals surface area contributed by atoms with Crippen LogP contribution in [0.25, 0.3) is 0 Å². The number of pyridine rings is 2. The quantitative estimate of drug-likeness (QED) is 0.317. The van der Waals surface area contributed by atoms with Crippen molar-refractivity contribution in [3.8, 4) is 0 Å². The van der Waals surface area contributed by atoms with Gasteiger partial charge in [-0.3, -0.25) is 0 Å². The van der Waals surface area contributed by atoms with E-state index in [1.165, 1.54) is 0 Å². The summed E-state index contributed by atoms with van der Waals surface area (Å²) in [5.41, 5.74) is 1.86. The fourth-order valence-corrected chi connectivity index (χ4v) is 2.66. The van der Waals surface area contributed by atoms with Crippen LogP contribution in [0.2, 0.25) is 53.1 Å². The molecule has 0 saturated carbocycles. The molecule has 0 aliphatic carbocycles. The Morgan fingerprint density at radius 1 is 0.758 bits per heavy atom. The van der Waals surface area contributed by atoms with Crippen molar-refractivity contribution >= 4 is 39.6 Å². The lowest BCUT2D eigenvalue weighted by molar-refractivity contribution is 0.276. The van der Waals surface area contributed by atoms with Gasteiger partial charge < -0.3 is 9.53 Å². The van der Waals surface area contributed by atoms with Gasteiger partial charge >= 0.3 is 0 Å². The Labute approximate surface area is 214 Å². The van der Waals surface area contributed by atoms with E-state index in [0.29, 0.717) is 22.0 Å². The van der Waals surface area contributed by atoms with Crippen LogP contribution in [0.1, 0.15) is 52.7 Å². The minimum atomic E-state index is -1.66. The lowest BCUT2D eigenvalue weighted by Crippen LogP contribution is -2.40. The second-order valence-electron chi connectivity index (χ2n) is 11.7. The largest absolute Gasteiger partial charge is 0.413 e. The smallest absolute Gasteiger partial charge is 0.192 e. The van der Waals surface area contributed by atoms with Gasteiger partial charge in [-0.15, -0.1) is 0 Å². The van der Waals surface area contributed by atoms with Crippen LogP contribution in [0, 0.1) is 0 Å². The maximum Gasteiger partial charge on any atom is 0.192 e. The van der Waals surface area contributed by atoms with Gasteiger partial charge in [-0.1, -0.05) is 96.5 Å². The van der Waals surface area contributed by atoms with E-state index in [1.54, 1.807) is 30.6 Å². The summed E-state index contributed by atoms with van der Waals surface area (Å²) in [5, 5.41) is 10.3. The van der Waals surface area contributed by atoms with Crippen molar-refractivity contribution in [2.75, 3.05) is 0 Å². The second kappa shape index (κ2) is 13.4. The van der Waals surface area contributed by atoms with Crippen LogP contribution in [0.5, 0.6) is 0 Å². The van der Waals surface area contributed by atoms with Crippen molar-refractivity contribution < 1.29 is 9.53 Å². The highest BCUT2D eigenvalue weighted by atomic mass is 35.5. The zero-order valence-corrected chi connectivity index (χ0v) is 25.9. The number of aliphatic hydroxyl groups is 1. The standard InChI is InChI=1S/C12H20ClNOSi.C7H18Si.C6H6ClNO/c1-12(2,3)16(4,5)15-9-10-6-7-11(13)14-8-10;1-7(2,3)8(4,5)6;7-6-2-1-5(4-9)3-8-6/h6-8H,9H2,1-5H3;1-6H3;1-3,9H,4H2. The number of hydrogen-bond donors (Lipinski definition) is 1. The Morgan fingerprint density at radius 3 is 1.42 bits per heavy atom. The molecule has 0 bridgehead atoms. The lowest BCUT2D eigenvalue weighted by Gasteiger charge is -2.36. The summed E-state index contributed by atoms with van der Waals surface area (Å²) in [6.07, 6.45) is 3.32. The molecule has 0 aliphatic rings. The maximum absolute atomic E-state index is 8.55. The van der Waals surface area contributed by atoms with E-state index in [-0.39, 0.29) is 11.6 Å². The van der Waals surface area contributed by atoms with Gasteiger partial charge in [-0.2, -0.15) is 0 Å². The van der Waals surface area contributed by atoms with E-state index in [4.69, 9.17) is 32.7 Å². The second-order valence-corrected chi connectivity index (χ2v) is 23.3. The molecular weight excluding hydrogens is 487 g/mol. The molecule has 188 valence electrons. The Hall–Kier alpha value is -0.766. The minimum Gasteiger partial charge on any atom is -0.413 e. The van der Waals surface area contributed by atoms with Gasteiger partial charge in [-0.25, -0.2) is 9.97 Å². The van der Waals surface area contributed by atoms with Gasteiger partial charge in [0.05, 0.1) is 13.2 Å². The Balaban J connectivity index is 0.000000511. The number of halogens is 2. The lowest BCUT2D eigenvalue weighted by atomic mass is 10.2. The molecule has 0 fully saturated rings. The molecule has 33 heavy (non-hydrogen) atoms. The SMILES string of the molecule is CC(C)(C)[Si](C)(C)C.CC(C)(C)[Si](C)(C)OCc1ccc(Cl)nc1.OCc1ccc(Cl)nc1. The number of rotatable bonds is 4. The molecule has 2 rings (SSSR count). The van der Waals surface area contributed by atoms with Gasteiger partial charge in [0, 0.05) is 20.5 Å². The zero-order valence-electron chi connectivity index (χ0n) is 22.4. The Morgan fingerprint density at radius 2 is 1.15 bits per heavy atom. The van der Waals surface area contributed by atoms with E-state index in [2.05, 4.69) is 84.2 Å². The number of aromatic nitrogens is 2. The van der Waals surface area contributed by atoms with Crippen LogP contribution in [0.4, 0.5) is 0 Å². The van der Waals surface area contributed by atoms with Gasteiger partial charge in [0.25, 0.3) is 0 Å². The topological polar surface area (TPSA) is 55.2 Å². The molecule has 0 radical (unpaired) electrons. The molecule has 0 unspecified atom stereocenters. The van der Waals surface area contributed by atoms with Crippen LogP contribution in [0.15, 0.2) is 36.7 Å². The third kappa shape index (κ3) is 13.0. The summed E-state index contributed by atoms with van der Waals surface area (Å²) < 4.78 is 6.08. The fourth-order valence-electron chi connectivity index (χ4n) is 1.47. The van der Waals surface area contributed by atoms with Crippen LogP contribution >= 0.6 is 23.2 Å². The number of nitrogens with zero attached hydrogens (tertiary/aromatic N) is 2. The van der Waals surface area contributed by atoms with Gasteiger partial charge in [0.2, 0.25) is 0 Å².